The number of hydrogen-bond acceptors (Lipinski definition) is 3. The van der Waals surface area contributed by atoms with Crippen LogP contribution in [0.5, 0.6) is 0 Å². The van der Waals surface area contributed by atoms with Gasteiger partial charge in [0.2, 0.25) is 0 Å². The third kappa shape index (κ3) is 2.16. The Labute approximate surface area is 107 Å². The Morgan fingerprint density at radius 2 is 1.94 bits per heavy atom. The van der Waals surface area contributed by atoms with Gasteiger partial charge in [-0.3, -0.25) is 9.59 Å². The summed E-state index contributed by atoms with van der Waals surface area (Å²) < 4.78 is 5.19. The molecule has 0 spiro atoms. The predicted octanol–water partition coefficient (Wildman–Crippen LogP) is 1.36. The van der Waals surface area contributed by atoms with Crippen molar-refractivity contribution in [3.05, 3.63) is 12.2 Å². The maximum atomic E-state index is 11.9. The number of hydrogen-bond donors (Lipinski definition) is 0. The topological polar surface area (TPSA) is 46.6 Å². The molecule has 1 amide bonds. The van der Waals surface area contributed by atoms with Gasteiger partial charge in [0, 0.05) is 13.1 Å². The zero-order chi connectivity index (χ0) is 12.5. The van der Waals surface area contributed by atoms with Gasteiger partial charge in [0.1, 0.15) is 0 Å². The van der Waals surface area contributed by atoms with Crippen molar-refractivity contribution in [2.24, 2.45) is 17.8 Å². The molecule has 0 aromatic rings. The second-order valence-electron chi connectivity index (χ2n) is 5.58. The van der Waals surface area contributed by atoms with Crippen molar-refractivity contribution in [2.75, 3.05) is 19.7 Å². The fraction of sp³-hybridized carbons (Fsp3) is 0.714. The van der Waals surface area contributed by atoms with Crippen molar-refractivity contribution in [3.63, 3.8) is 0 Å². The Hall–Kier alpha value is -1.32. The Morgan fingerprint density at radius 1 is 1.17 bits per heavy atom. The van der Waals surface area contributed by atoms with E-state index in [1.165, 1.54) is 0 Å². The highest BCUT2D eigenvalue weighted by atomic mass is 16.5. The number of esters is 1. The molecule has 0 aromatic carbocycles. The van der Waals surface area contributed by atoms with Crippen LogP contribution in [0.2, 0.25) is 0 Å². The van der Waals surface area contributed by atoms with Crippen LogP contribution in [0.1, 0.15) is 25.7 Å². The lowest BCUT2D eigenvalue weighted by atomic mass is 9.94. The largest absolute Gasteiger partial charge is 0.455 e. The van der Waals surface area contributed by atoms with Crippen LogP contribution >= 0.6 is 0 Å². The fourth-order valence-corrected chi connectivity index (χ4v) is 3.35. The minimum atomic E-state index is -0.181. The molecule has 18 heavy (non-hydrogen) atoms. The molecule has 3 rings (SSSR count). The van der Waals surface area contributed by atoms with Crippen molar-refractivity contribution < 1.29 is 14.3 Å². The number of nitrogens with zero attached hydrogens (tertiary/aromatic N) is 1. The van der Waals surface area contributed by atoms with Gasteiger partial charge in [-0.05, 0) is 37.5 Å². The molecule has 4 heteroatoms. The molecule has 2 bridgehead atoms. The van der Waals surface area contributed by atoms with Crippen LogP contribution in [0.4, 0.5) is 0 Å². The predicted molar refractivity (Wildman–Crippen MR) is 65.6 cm³/mol. The zero-order valence-electron chi connectivity index (χ0n) is 10.5. The lowest BCUT2D eigenvalue weighted by molar-refractivity contribution is -0.155. The van der Waals surface area contributed by atoms with Crippen molar-refractivity contribution >= 4 is 11.9 Å². The number of likely N-dealkylation sites (tertiary alicyclic amines) is 1. The number of carbonyl (C=O) groups excluding carboxylic acids is 2. The van der Waals surface area contributed by atoms with Gasteiger partial charge in [-0.25, -0.2) is 0 Å². The van der Waals surface area contributed by atoms with E-state index in [0.717, 1.165) is 38.8 Å². The average Bonchev–Trinajstić information content (AvgIpc) is 3.09. The van der Waals surface area contributed by atoms with E-state index in [1.54, 1.807) is 4.90 Å². The highest BCUT2D eigenvalue weighted by molar-refractivity contribution is 5.82. The number of rotatable bonds is 3. The maximum Gasteiger partial charge on any atom is 0.310 e. The van der Waals surface area contributed by atoms with Crippen molar-refractivity contribution in [1.29, 1.82) is 0 Å². The lowest BCUT2D eigenvalue weighted by Crippen LogP contribution is -2.33. The van der Waals surface area contributed by atoms with Crippen molar-refractivity contribution in [2.45, 2.75) is 25.7 Å². The van der Waals surface area contributed by atoms with Crippen molar-refractivity contribution in [1.82, 2.24) is 4.90 Å². The fourth-order valence-electron chi connectivity index (χ4n) is 3.35. The van der Waals surface area contributed by atoms with E-state index >= 15 is 0 Å². The van der Waals surface area contributed by atoms with Crippen LogP contribution in [0.3, 0.4) is 0 Å². The Balaban J connectivity index is 1.47. The molecule has 98 valence electrons. The van der Waals surface area contributed by atoms with Crippen molar-refractivity contribution in [3.8, 4) is 0 Å². The van der Waals surface area contributed by atoms with Gasteiger partial charge in [-0.1, -0.05) is 12.2 Å². The number of carbonyl (C=O) groups is 2. The number of ether oxygens (including phenoxy) is 1. The van der Waals surface area contributed by atoms with E-state index < -0.39 is 0 Å². The van der Waals surface area contributed by atoms with Gasteiger partial charge >= 0.3 is 5.97 Å². The number of fused-ring (bicyclic) bond motifs is 2. The SMILES string of the molecule is O=C(OCC(=O)N1CCCC1)C1CC2C=CC1C2. The van der Waals surface area contributed by atoms with Gasteiger partial charge in [0.15, 0.2) is 6.61 Å². The molecular weight excluding hydrogens is 230 g/mol. The Morgan fingerprint density at radius 3 is 2.56 bits per heavy atom. The highest BCUT2D eigenvalue weighted by Crippen LogP contribution is 2.43. The normalized spacial score (nSPS) is 33.1. The molecule has 1 saturated heterocycles. The molecule has 1 aliphatic heterocycles. The first kappa shape index (κ1) is 11.8. The number of allylic oxidation sites excluding steroid dienone is 2. The first-order chi connectivity index (χ1) is 8.74. The molecule has 3 unspecified atom stereocenters. The molecule has 3 atom stereocenters. The van der Waals surface area contributed by atoms with Gasteiger partial charge in [0.25, 0.3) is 5.91 Å². The summed E-state index contributed by atoms with van der Waals surface area (Å²) in [6.07, 6.45) is 8.44. The summed E-state index contributed by atoms with van der Waals surface area (Å²) in [6.45, 7) is 1.55. The van der Waals surface area contributed by atoms with E-state index in [4.69, 9.17) is 4.74 Å². The molecule has 2 fully saturated rings. The van der Waals surface area contributed by atoms with Gasteiger partial charge in [-0.2, -0.15) is 0 Å². The van der Waals surface area contributed by atoms with E-state index in [0.29, 0.717) is 11.8 Å². The summed E-state index contributed by atoms with van der Waals surface area (Å²) in [5.74, 6) is 0.677. The quantitative estimate of drug-likeness (QED) is 0.560. The molecule has 4 nitrogen and oxygen atoms in total. The summed E-state index contributed by atoms with van der Waals surface area (Å²) in [5, 5.41) is 0. The van der Waals surface area contributed by atoms with E-state index in [2.05, 4.69) is 12.2 Å². The first-order valence-corrected chi connectivity index (χ1v) is 6.87. The van der Waals surface area contributed by atoms with Gasteiger partial charge < -0.3 is 9.64 Å². The van der Waals surface area contributed by atoms with Crippen LogP contribution < -0.4 is 0 Å². The van der Waals surface area contributed by atoms with E-state index in [-0.39, 0.29) is 24.4 Å². The van der Waals surface area contributed by atoms with Crippen LogP contribution in [-0.4, -0.2) is 36.5 Å². The summed E-state index contributed by atoms with van der Waals surface area (Å²) >= 11 is 0. The van der Waals surface area contributed by atoms with Crippen LogP contribution in [0, 0.1) is 17.8 Å². The molecule has 0 aromatic heterocycles. The molecule has 1 heterocycles. The second kappa shape index (κ2) is 4.75. The third-order valence-electron chi connectivity index (χ3n) is 4.38. The van der Waals surface area contributed by atoms with Gasteiger partial charge in [-0.15, -0.1) is 0 Å². The zero-order valence-corrected chi connectivity index (χ0v) is 10.5. The smallest absolute Gasteiger partial charge is 0.310 e. The number of amides is 1. The summed E-state index contributed by atoms with van der Waals surface area (Å²) in [5.41, 5.74) is 0. The molecule has 0 N–H and O–H groups in total. The summed E-state index contributed by atoms with van der Waals surface area (Å²) in [7, 11) is 0. The van der Waals surface area contributed by atoms with Crippen LogP contribution in [0.15, 0.2) is 12.2 Å². The molecule has 1 saturated carbocycles. The first-order valence-electron chi connectivity index (χ1n) is 6.87. The van der Waals surface area contributed by atoms with Crippen LogP contribution in [-0.2, 0) is 14.3 Å². The summed E-state index contributed by atoms with van der Waals surface area (Å²) in [6, 6.07) is 0. The van der Waals surface area contributed by atoms with E-state index in [1.807, 2.05) is 0 Å². The molecule has 2 aliphatic carbocycles. The average molecular weight is 249 g/mol. The Kier molecular flexibility index (Phi) is 3.10. The lowest BCUT2D eigenvalue weighted by Gasteiger charge is -2.18. The second-order valence-corrected chi connectivity index (χ2v) is 5.58. The van der Waals surface area contributed by atoms with Crippen LogP contribution in [0.25, 0.3) is 0 Å². The minimum absolute atomic E-state index is 0.00798. The summed E-state index contributed by atoms with van der Waals surface area (Å²) in [4.78, 5) is 25.5. The minimum Gasteiger partial charge on any atom is -0.455 e. The maximum absolute atomic E-state index is 11.9. The molecule has 0 radical (unpaired) electrons. The third-order valence-corrected chi connectivity index (χ3v) is 4.38. The monoisotopic (exact) mass is 249 g/mol. The standard InChI is InChI=1S/C14H19NO3/c16-13(15-5-1-2-6-15)9-18-14(17)12-8-10-3-4-11(12)7-10/h3-4,10-12H,1-2,5-9H2. The Bertz CT molecular complexity index is 385. The highest BCUT2D eigenvalue weighted by Gasteiger charge is 2.40. The molecule has 3 aliphatic rings. The molecular formula is C14H19NO3. The van der Waals surface area contributed by atoms with Gasteiger partial charge in [0.05, 0.1) is 5.92 Å². The van der Waals surface area contributed by atoms with E-state index in [9.17, 15) is 9.59 Å².